The molecule has 1 heteroatoms. The zero-order valence-corrected chi connectivity index (χ0v) is 21.7. The van der Waals surface area contributed by atoms with Gasteiger partial charge in [0.2, 0.25) is 0 Å². The number of benzene rings is 6. The number of hydrogen-bond donors (Lipinski definition) is 1. The third-order valence-corrected chi connectivity index (χ3v) is 8.04. The molecule has 0 unspecified atom stereocenters. The Labute approximate surface area is 224 Å². The Balaban J connectivity index is 1.24. The first-order valence-corrected chi connectivity index (χ1v) is 13.3. The summed E-state index contributed by atoms with van der Waals surface area (Å²) in [5, 5.41) is 6.23. The fourth-order valence-electron chi connectivity index (χ4n) is 6.05. The van der Waals surface area contributed by atoms with Gasteiger partial charge in [0.05, 0.1) is 0 Å². The molecule has 1 nitrogen and oxygen atoms in total. The average molecular weight is 488 g/mol. The molecule has 6 aromatic carbocycles. The standard InChI is InChI=1S/C37H29N/c1-37(2)35-21-18-27(25-10-4-3-5-11-25)23-34(35)33-20-19-30(24-36(33)37)38-29-15-8-14-28(22-29)32-17-9-13-26-12-6-7-16-31(26)32/h3-24,38H,1-2H3. The number of nitrogens with one attached hydrogen (secondary N) is 1. The lowest BCUT2D eigenvalue weighted by Gasteiger charge is -2.22. The first-order valence-electron chi connectivity index (χ1n) is 13.3. The van der Waals surface area contributed by atoms with E-state index in [1.807, 2.05) is 0 Å². The summed E-state index contributed by atoms with van der Waals surface area (Å²) >= 11 is 0. The van der Waals surface area contributed by atoms with Crippen LogP contribution in [0, 0.1) is 0 Å². The van der Waals surface area contributed by atoms with Crippen LogP contribution in [0.1, 0.15) is 25.0 Å². The molecule has 0 aromatic heterocycles. The third-order valence-electron chi connectivity index (χ3n) is 8.04. The number of anilines is 2. The minimum absolute atomic E-state index is 0.0532. The van der Waals surface area contributed by atoms with Crippen molar-refractivity contribution in [1.29, 1.82) is 0 Å². The Morgan fingerprint density at radius 3 is 2.08 bits per heavy atom. The van der Waals surface area contributed by atoms with Crippen molar-refractivity contribution in [2.75, 3.05) is 5.32 Å². The molecule has 0 amide bonds. The van der Waals surface area contributed by atoms with E-state index >= 15 is 0 Å². The van der Waals surface area contributed by atoms with Gasteiger partial charge in [0.15, 0.2) is 0 Å². The molecule has 1 aliphatic carbocycles. The van der Waals surface area contributed by atoms with Crippen molar-refractivity contribution < 1.29 is 0 Å². The first-order chi connectivity index (χ1) is 18.6. The zero-order chi connectivity index (χ0) is 25.7. The maximum atomic E-state index is 3.69. The molecule has 0 heterocycles. The summed E-state index contributed by atoms with van der Waals surface area (Å²) in [7, 11) is 0. The van der Waals surface area contributed by atoms with Crippen molar-refractivity contribution >= 4 is 22.1 Å². The van der Waals surface area contributed by atoms with Crippen LogP contribution in [0.3, 0.4) is 0 Å². The van der Waals surface area contributed by atoms with Gasteiger partial charge in [-0.1, -0.05) is 117 Å². The van der Waals surface area contributed by atoms with Gasteiger partial charge in [-0.05, 0) is 85.6 Å². The van der Waals surface area contributed by atoms with E-state index in [0.29, 0.717) is 0 Å². The van der Waals surface area contributed by atoms with E-state index in [2.05, 4.69) is 153 Å². The molecule has 0 aliphatic heterocycles. The Morgan fingerprint density at radius 2 is 1.18 bits per heavy atom. The van der Waals surface area contributed by atoms with Gasteiger partial charge in [-0.2, -0.15) is 0 Å². The van der Waals surface area contributed by atoms with Gasteiger partial charge >= 0.3 is 0 Å². The molecule has 0 saturated heterocycles. The lowest BCUT2D eigenvalue weighted by atomic mass is 9.82. The fraction of sp³-hybridized carbons (Fsp3) is 0.0811. The van der Waals surface area contributed by atoms with Crippen molar-refractivity contribution in [3.05, 3.63) is 145 Å². The molecule has 6 aromatic rings. The second-order valence-electron chi connectivity index (χ2n) is 10.7. The predicted molar refractivity (Wildman–Crippen MR) is 162 cm³/mol. The highest BCUT2D eigenvalue weighted by atomic mass is 14.9. The van der Waals surface area contributed by atoms with Crippen LogP contribution in [0.5, 0.6) is 0 Å². The molecule has 0 spiro atoms. The van der Waals surface area contributed by atoms with E-state index in [-0.39, 0.29) is 5.41 Å². The second kappa shape index (κ2) is 8.75. The van der Waals surface area contributed by atoms with E-state index < -0.39 is 0 Å². The highest BCUT2D eigenvalue weighted by Gasteiger charge is 2.35. The monoisotopic (exact) mass is 487 g/mol. The van der Waals surface area contributed by atoms with Gasteiger partial charge < -0.3 is 5.32 Å². The van der Waals surface area contributed by atoms with E-state index in [9.17, 15) is 0 Å². The Hall–Kier alpha value is -4.62. The predicted octanol–water partition coefficient (Wildman–Crippen LogP) is 10.2. The second-order valence-corrected chi connectivity index (χ2v) is 10.7. The van der Waals surface area contributed by atoms with Gasteiger partial charge in [0, 0.05) is 16.8 Å². The zero-order valence-electron chi connectivity index (χ0n) is 21.7. The third kappa shape index (κ3) is 3.71. The fourth-order valence-corrected chi connectivity index (χ4v) is 6.05. The summed E-state index contributed by atoms with van der Waals surface area (Å²) in [4.78, 5) is 0. The molecular formula is C37H29N. The molecule has 1 N–H and O–H groups in total. The summed E-state index contributed by atoms with van der Waals surface area (Å²) in [6.07, 6.45) is 0. The quantitative estimate of drug-likeness (QED) is 0.261. The molecular weight excluding hydrogens is 458 g/mol. The topological polar surface area (TPSA) is 12.0 Å². The summed E-state index contributed by atoms with van der Waals surface area (Å²) in [6.45, 7) is 4.68. The molecule has 0 atom stereocenters. The van der Waals surface area contributed by atoms with E-state index in [1.54, 1.807) is 0 Å². The molecule has 0 fully saturated rings. The van der Waals surface area contributed by atoms with E-state index in [4.69, 9.17) is 0 Å². The Kier molecular flexibility index (Phi) is 5.19. The molecule has 38 heavy (non-hydrogen) atoms. The lowest BCUT2D eigenvalue weighted by Crippen LogP contribution is -2.15. The van der Waals surface area contributed by atoms with Crippen LogP contribution in [0.2, 0.25) is 0 Å². The van der Waals surface area contributed by atoms with Gasteiger partial charge in [-0.25, -0.2) is 0 Å². The lowest BCUT2D eigenvalue weighted by molar-refractivity contribution is 0.660. The van der Waals surface area contributed by atoms with E-state index in [0.717, 1.165) is 11.4 Å². The van der Waals surface area contributed by atoms with Gasteiger partial charge in [0.1, 0.15) is 0 Å². The van der Waals surface area contributed by atoms with Crippen molar-refractivity contribution in [3.63, 3.8) is 0 Å². The van der Waals surface area contributed by atoms with Crippen LogP contribution >= 0.6 is 0 Å². The van der Waals surface area contributed by atoms with Crippen molar-refractivity contribution in [2.45, 2.75) is 19.3 Å². The van der Waals surface area contributed by atoms with Crippen LogP contribution in [0.4, 0.5) is 11.4 Å². The highest BCUT2D eigenvalue weighted by Crippen LogP contribution is 2.50. The average Bonchev–Trinajstić information content (AvgIpc) is 3.19. The van der Waals surface area contributed by atoms with Crippen LogP contribution in [0.15, 0.2) is 133 Å². The summed E-state index contributed by atoms with van der Waals surface area (Å²) in [5.74, 6) is 0. The molecule has 7 rings (SSSR count). The smallest absolute Gasteiger partial charge is 0.0390 e. The van der Waals surface area contributed by atoms with Crippen LogP contribution in [-0.4, -0.2) is 0 Å². The maximum absolute atomic E-state index is 3.69. The minimum atomic E-state index is -0.0532. The summed E-state index contributed by atoms with van der Waals surface area (Å²) in [5.41, 5.74) is 12.6. The SMILES string of the molecule is CC1(C)c2ccc(-c3ccccc3)cc2-c2ccc(Nc3cccc(-c4cccc5ccccc45)c3)cc21. The number of rotatable bonds is 4. The van der Waals surface area contributed by atoms with Gasteiger partial charge in [0.25, 0.3) is 0 Å². The van der Waals surface area contributed by atoms with Gasteiger partial charge in [-0.15, -0.1) is 0 Å². The highest BCUT2D eigenvalue weighted by molar-refractivity contribution is 5.97. The van der Waals surface area contributed by atoms with E-state index in [1.165, 1.54) is 55.3 Å². The summed E-state index contributed by atoms with van der Waals surface area (Å²) < 4.78 is 0. The van der Waals surface area contributed by atoms with Crippen molar-refractivity contribution in [2.24, 2.45) is 0 Å². The minimum Gasteiger partial charge on any atom is -0.356 e. The van der Waals surface area contributed by atoms with Crippen LogP contribution in [0.25, 0.3) is 44.2 Å². The van der Waals surface area contributed by atoms with Gasteiger partial charge in [-0.3, -0.25) is 0 Å². The molecule has 0 bridgehead atoms. The maximum Gasteiger partial charge on any atom is 0.0390 e. The molecule has 182 valence electrons. The molecule has 0 radical (unpaired) electrons. The number of hydrogen-bond acceptors (Lipinski definition) is 1. The van der Waals surface area contributed by atoms with Crippen LogP contribution < -0.4 is 5.32 Å². The largest absolute Gasteiger partial charge is 0.356 e. The Morgan fingerprint density at radius 1 is 0.447 bits per heavy atom. The summed E-state index contributed by atoms with van der Waals surface area (Å²) in [6, 6.07) is 48.3. The molecule has 1 aliphatic rings. The Bertz CT molecular complexity index is 1810. The molecule has 0 saturated carbocycles. The normalized spacial score (nSPS) is 13.2. The van der Waals surface area contributed by atoms with Crippen molar-refractivity contribution in [3.8, 4) is 33.4 Å². The number of fused-ring (bicyclic) bond motifs is 4. The van der Waals surface area contributed by atoms with Crippen molar-refractivity contribution in [1.82, 2.24) is 0 Å². The van der Waals surface area contributed by atoms with Crippen LogP contribution in [-0.2, 0) is 5.41 Å². The first kappa shape index (κ1) is 22.6.